The molecule has 0 spiro atoms. The molecule has 0 radical (unpaired) electrons. The zero-order chi connectivity index (χ0) is 38.0. The maximum absolute atomic E-state index is 2.66. The van der Waals surface area contributed by atoms with E-state index >= 15 is 0 Å². The van der Waals surface area contributed by atoms with E-state index in [1.54, 1.807) is 49.8 Å². The molecule has 5 aromatic rings. The average Bonchev–Trinajstić information content (AvgIpc) is 3.05. The first kappa shape index (κ1) is 40.1. The van der Waals surface area contributed by atoms with Crippen LogP contribution in [0.2, 0.25) is 78.6 Å². The molecule has 0 unspecified atom stereocenters. The second kappa shape index (κ2) is 14.8. The van der Waals surface area contributed by atoms with Crippen molar-refractivity contribution in [3.63, 3.8) is 0 Å². The molecule has 0 saturated carbocycles. The zero-order valence-corrected chi connectivity index (χ0v) is 42.0. The Bertz CT molecular complexity index is 2090. The fourth-order valence-corrected chi connectivity index (χ4v) is 16.1. The number of fused-ring (bicyclic) bond motifs is 5. The summed E-state index contributed by atoms with van der Waals surface area (Å²) < 4.78 is 3.34. The fourth-order valence-electron chi connectivity index (χ4n) is 8.49. The van der Waals surface area contributed by atoms with E-state index in [4.69, 9.17) is 0 Å². The van der Waals surface area contributed by atoms with Gasteiger partial charge in [-0.25, -0.2) is 0 Å². The molecule has 5 aromatic carbocycles. The molecule has 272 valence electrons. The lowest BCUT2D eigenvalue weighted by molar-refractivity contribution is 0.984. The summed E-state index contributed by atoms with van der Waals surface area (Å²) >= 11 is 5.32. The lowest BCUT2D eigenvalue weighted by Gasteiger charge is -2.35. The van der Waals surface area contributed by atoms with Gasteiger partial charge in [-0.2, -0.15) is 0 Å². The van der Waals surface area contributed by atoms with Crippen LogP contribution in [0.1, 0.15) is 33.4 Å². The zero-order valence-electron chi connectivity index (χ0n) is 33.7. The van der Waals surface area contributed by atoms with Gasteiger partial charge in [0.1, 0.15) is 0 Å². The fraction of sp³-hybridized carbons (Fsp3) is 0.348. The van der Waals surface area contributed by atoms with Crippen LogP contribution >= 0.6 is 45.2 Å². The van der Waals surface area contributed by atoms with Crippen LogP contribution in [0.25, 0.3) is 21.5 Å². The van der Waals surface area contributed by atoms with E-state index in [2.05, 4.69) is 209 Å². The molecular formula is C46H58I2Si4. The van der Waals surface area contributed by atoms with Gasteiger partial charge < -0.3 is 0 Å². The van der Waals surface area contributed by atoms with Gasteiger partial charge in [0.2, 0.25) is 0 Å². The minimum atomic E-state index is -1.55. The molecule has 0 bridgehead atoms. The Hall–Kier alpha value is -1.57. The number of benzene rings is 5. The third-order valence-electron chi connectivity index (χ3n) is 10.8. The Morgan fingerprint density at radius 3 is 1.00 bits per heavy atom. The first-order valence-electron chi connectivity index (χ1n) is 19.1. The summed E-state index contributed by atoms with van der Waals surface area (Å²) in [6.45, 7) is 30.0. The van der Waals surface area contributed by atoms with Gasteiger partial charge in [0.15, 0.2) is 0 Å². The van der Waals surface area contributed by atoms with E-state index in [9.17, 15) is 0 Å². The molecule has 6 heteroatoms. The number of hydrogen-bond donors (Lipinski definition) is 0. The molecule has 2 aliphatic rings. The van der Waals surface area contributed by atoms with Gasteiger partial charge in [-0.1, -0.05) is 197 Å². The quantitative estimate of drug-likeness (QED) is 0.0938. The van der Waals surface area contributed by atoms with Crippen molar-refractivity contribution in [1.29, 1.82) is 0 Å². The summed E-state index contributed by atoms with van der Waals surface area (Å²) in [5.41, 5.74) is 12.8. The second-order valence-electron chi connectivity index (χ2n) is 19.3. The minimum absolute atomic E-state index is 1.10. The van der Waals surface area contributed by atoms with Crippen molar-refractivity contribution in [2.24, 2.45) is 0 Å². The largest absolute Gasteiger partial charge is 0.0858 e. The molecule has 7 rings (SSSR count). The van der Waals surface area contributed by atoms with E-state index in [1.807, 2.05) is 0 Å². The van der Waals surface area contributed by atoms with Crippen LogP contribution in [0.15, 0.2) is 102 Å². The molecule has 0 saturated heterocycles. The van der Waals surface area contributed by atoms with Crippen molar-refractivity contribution in [1.82, 2.24) is 0 Å². The van der Waals surface area contributed by atoms with Crippen molar-refractivity contribution in [3.05, 3.63) is 136 Å². The molecule has 0 amide bonds. The van der Waals surface area contributed by atoms with Crippen molar-refractivity contribution >= 4 is 109 Å². The van der Waals surface area contributed by atoms with Crippen molar-refractivity contribution in [2.75, 3.05) is 0 Å². The van der Waals surface area contributed by atoms with Crippen LogP contribution in [0.4, 0.5) is 0 Å². The topological polar surface area (TPSA) is 0 Å². The Morgan fingerprint density at radius 2 is 0.712 bits per heavy atom. The number of allylic oxidation sites excluding steroid dienone is 2. The highest BCUT2D eigenvalue weighted by atomic mass is 127. The normalized spacial score (nSPS) is 16.8. The van der Waals surface area contributed by atoms with Gasteiger partial charge in [0.05, 0.1) is 32.3 Å². The first-order chi connectivity index (χ1) is 24.2. The van der Waals surface area contributed by atoms with Crippen LogP contribution in [-0.4, -0.2) is 32.3 Å². The number of hydrogen-bond acceptors (Lipinski definition) is 0. The van der Waals surface area contributed by atoms with E-state index in [1.165, 1.54) is 33.0 Å². The van der Waals surface area contributed by atoms with Gasteiger partial charge in [0, 0.05) is 0 Å². The third kappa shape index (κ3) is 8.18. The minimum Gasteiger partial charge on any atom is -0.0656 e. The Morgan fingerprint density at radius 1 is 0.423 bits per heavy atom. The molecule has 0 atom stereocenters. The highest BCUT2D eigenvalue weighted by Gasteiger charge is 2.34. The molecular weight excluding hydrogens is 919 g/mol. The van der Waals surface area contributed by atoms with E-state index < -0.39 is 32.3 Å². The van der Waals surface area contributed by atoms with E-state index in [-0.39, 0.29) is 0 Å². The standard InChI is InChI=1S/C28H32Si2.C18H26I2Si2/c1-29(2,3)27-23-15-19-11-7-9-13-21(19)17-25(23)28(30(4,5)6)26-18-22-14-10-8-12-20(22)16-24(26)27;1-21(2,3)17(19)15-11-13-9-7-8-10-14(13)12-16(15)18(20)22(4,5)6/h7-15,17H,16,18H2,1-6H3;7-10H,11-12H2,1-6H3/b;17-15+,18-16+. The van der Waals surface area contributed by atoms with Crippen LogP contribution < -0.4 is 10.4 Å². The van der Waals surface area contributed by atoms with Crippen LogP contribution in [0.5, 0.6) is 0 Å². The van der Waals surface area contributed by atoms with Crippen molar-refractivity contribution in [2.45, 2.75) is 104 Å². The van der Waals surface area contributed by atoms with Gasteiger partial charge in [-0.05, 0) is 121 Å². The Kier molecular flexibility index (Phi) is 11.4. The molecule has 0 aliphatic heterocycles. The lowest BCUT2D eigenvalue weighted by Crippen LogP contribution is -2.48. The molecule has 0 nitrogen and oxygen atoms in total. The lowest BCUT2D eigenvalue weighted by atomic mass is 9.84. The monoisotopic (exact) mass is 976 g/mol. The number of halogens is 2. The SMILES string of the molecule is C[Si](C)(C)/C(I)=C1\Cc2ccccc2C\C1=C(\I)[Si](C)(C)C.C[Si](C)(C)c1c2c(c([Si](C)(C)C)c3cc4ccccc4cc13)Cc1ccccc1C2. The third-order valence-corrected chi connectivity index (χ3v) is 29.2. The first-order valence-corrected chi connectivity index (χ1v) is 35.3. The molecule has 0 fully saturated rings. The van der Waals surface area contributed by atoms with E-state index in [0.717, 1.165) is 25.7 Å². The highest BCUT2D eigenvalue weighted by molar-refractivity contribution is 14.1. The van der Waals surface area contributed by atoms with Gasteiger partial charge in [-0.3, -0.25) is 0 Å². The van der Waals surface area contributed by atoms with Crippen LogP contribution in [0, 0.1) is 0 Å². The predicted molar refractivity (Wildman–Crippen MR) is 262 cm³/mol. The van der Waals surface area contributed by atoms with Crippen LogP contribution in [-0.2, 0) is 25.7 Å². The molecule has 2 aliphatic carbocycles. The summed E-state index contributed by atoms with van der Waals surface area (Å²) in [6.07, 6.45) is 4.47. The maximum atomic E-state index is 2.66. The van der Waals surface area contributed by atoms with Crippen molar-refractivity contribution in [3.8, 4) is 0 Å². The summed E-state index contributed by atoms with van der Waals surface area (Å²) in [4.78, 5) is 0. The summed E-state index contributed by atoms with van der Waals surface area (Å²) in [7, 11) is -5.65. The molecule has 0 aromatic heterocycles. The Balaban J connectivity index is 0.000000188. The smallest absolute Gasteiger partial charge is 0.0656 e. The second-order valence-corrected chi connectivity index (χ2v) is 43.5. The molecule has 0 heterocycles. The Labute approximate surface area is 346 Å². The summed E-state index contributed by atoms with van der Waals surface area (Å²) in [5, 5.41) is 9.25. The van der Waals surface area contributed by atoms with Crippen LogP contribution in [0.3, 0.4) is 0 Å². The summed E-state index contributed by atoms with van der Waals surface area (Å²) in [6, 6.07) is 32.1. The summed E-state index contributed by atoms with van der Waals surface area (Å²) in [5.74, 6) is 0. The van der Waals surface area contributed by atoms with Crippen molar-refractivity contribution < 1.29 is 0 Å². The molecule has 0 N–H and O–H groups in total. The van der Waals surface area contributed by atoms with Gasteiger partial charge in [0.25, 0.3) is 0 Å². The highest BCUT2D eigenvalue weighted by Crippen LogP contribution is 2.42. The van der Waals surface area contributed by atoms with E-state index in [0.29, 0.717) is 0 Å². The van der Waals surface area contributed by atoms with Gasteiger partial charge >= 0.3 is 0 Å². The number of rotatable bonds is 4. The van der Waals surface area contributed by atoms with Gasteiger partial charge in [-0.15, -0.1) is 0 Å². The maximum Gasteiger partial charge on any atom is 0.0858 e. The predicted octanol–water partition coefficient (Wildman–Crippen LogP) is 13.5. The molecule has 52 heavy (non-hydrogen) atoms. The average molecular weight is 977 g/mol.